The van der Waals surface area contributed by atoms with Crippen LogP contribution in [0.4, 0.5) is 0 Å². The minimum absolute atomic E-state index is 0.252. The van der Waals surface area contributed by atoms with Crippen LogP contribution in [-0.2, 0) is 11.2 Å². The summed E-state index contributed by atoms with van der Waals surface area (Å²) in [4.78, 5) is 24.3. The van der Waals surface area contributed by atoms with Gasteiger partial charge in [-0.1, -0.05) is 18.2 Å². The Morgan fingerprint density at radius 2 is 1.96 bits per heavy atom. The zero-order valence-electron chi connectivity index (χ0n) is 16.5. The monoisotopic (exact) mass is 366 g/mol. The highest BCUT2D eigenvalue weighted by atomic mass is 16.2. The van der Waals surface area contributed by atoms with E-state index in [0.29, 0.717) is 18.5 Å². The molecule has 2 aromatic rings. The number of aromatic nitrogens is 1. The lowest BCUT2D eigenvalue weighted by atomic mass is 10.0. The third-order valence-electron chi connectivity index (χ3n) is 6.22. The number of carbonyl (C=O) groups is 1. The van der Waals surface area contributed by atoms with Crippen LogP contribution in [0.15, 0.2) is 36.7 Å². The highest BCUT2D eigenvalue weighted by Crippen LogP contribution is 2.22. The average Bonchev–Trinajstić information content (AvgIpc) is 3.19. The van der Waals surface area contributed by atoms with Crippen LogP contribution in [0.1, 0.15) is 25.8 Å². The molecule has 1 aromatic heterocycles. The van der Waals surface area contributed by atoms with Gasteiger partial charge in [-0.25, -0.2) is 0 Å². The van der Waals surface area contributed by atoms with E-state index < -0.39 is 0 Å². The second-order valence-corrected chi connectivity index (χ2v) is 8.14. The van der Waals surface area contributed by atoms with Crippen LogP contribution in [0, 0.1) is 0 Å². The lowest BCUT2D eigenvalue weighted by Gasteiger charge is -2.39. The van der Waals surface area contributed by atoms with Crippen molar-refractivity contribution >= 4 is 16.7 Å². The Kier molecular flexibility index (Phi) is 5.41. The summed E-state index contributed by atoms with van der Waals surface area (Å²) in [5.74, 6) is 0.252. The zero-order valence-corrected chi connectivity index (χ0v) is 16.5. The minimum atomic E-state index is 0.252. The second kappa shape index (κ2) is 7.95. The van der Waals surface area contributed by atoms with Gasteiger partial charge in [0.05, 0.1) is 6.42 Å². The Hall–Kier alpha value is -1.98. The molecule has 1 aromatic carbocycles. The minimum Gasteiger partial charge on any atom is -0.341 e. The lowest BCUT2D eigenvalue weighted by Crippen LogP contribution is -2.52. The molecule has 2 aliphatic heterocycles. The summed E-state index contributed by atoms with van der Waals surface area (Å²) in [6.45, 7) is 10.9. The fourth-order valence-electron chi connectivity index (χ4n) is 4.50. The Morgan fingerprint density at radius 3 is 2.74 bits per heavy atom. The fraction of sp³-hybridized carbons (Fsp3) is 0.545. The van der Waals surface area contributed by atoms with Gasteiger partial charge >= 0.3 is 0 Å². The topological polar surface area (TPSA) is 39.7 Å². The first-order valence-corrected chi connectivity index (χ1v) is 10.2. The molecule has 0 radical (unpaired) electrons. The number of pyridine rings is 1. The molecule has 5 nitrogen and oxygen atoms in total. The van der Waals surface area contributed by atoms with Crippen molar-refractivity contribution in [2.75, 3.05) is 39.3 Å². The van der Waals surface area contributed by atoms with Gasteiger partial charge in [0.2, 0.25) is 5.91 Å². The van der Waals surface area contributed by atoms with Crippen LogP contribution in [0.2, 0.25) is 0 Å². The SMILES string of the molecule is CC(C)N1CCN([C@H]2CCN(C(=O)Cc3cccc4cnccc34)C2)CC1. The maximum atomic E-state index is 12.9. The number of amides is 1. The Morgan fingerprint density at radius 1 is 1.15 bits per heavy atom. The molecule has 0 unspecified atom stereocenters. The van der Waals surface area contributed by atoms with Crippen molar-refractivity contribution in [2.45, 2.75) is 38.8 Å². The molecule has 2 aliphatic rings. The third-order valence-corrected chi connectivity index (χ3v) is 6.22. The van der Waals surface area contributed by atoms with E-state index in [0.717, 1.165) is 62.0 Å². The molecule has 144 valence electrons. The first kappa shape index (κ1) is 18.4. The maximum Gasteiger partial charge on any atom is 0.227 e. The van der Waals surface area contributed by atoms with Crippen molar-refractivity contribution in [3.8, 4) is 0 Å². The molecule has 0 saturated carbocycles. The number of piperazine rings is 1. The van der Waals surface area contributed by atoms with Gasteiger partial charge in [0.1, 0.15) is 0 Å². The molecule has 0 N–H and O–H groups in total. The molecule has 0 bridgehead atoms. The first-order chi connectivity index (χ1) is 13.1. The molecule has 27 heavy (non-hydrogen) atoms. The molecule has 2 fully saturated rings. The number of hydrogen-bond donors (Lipinski definition) is 0. The van der Waals surface area contributed by atoms with Gasteiger partial charge in [0, 0.05) is 69.1 Å². The molecule has 0 spiro atoms. The molecule has 2 saturated heterocycles. The predicted molar refractivity (Wildman–Crippen MR) is 109 cm³/mol. The van der Waals surface area contributed by atoms with E-state index in [4.69, 9.17) is 0 Å². The molecule has 1 amide bonds. The number of hydrogen-bond acceptors (Lipinski definition) is 4. The molecular weight excluding hydrogens is 336 g/mol. The van der Waals surface area contributed by atoms with Crippen molar-refractivity contribution in [3.05, 3.63) is 42.2 Å². The Bertz CT molecular complexity index is 793. The molecule has 3 heterocycles. The van der Waals surface area contributed by atoms with Crippen molar-refractivity contribution < 1.29 is 4.79 Å². The van der Waals surface area contributed by atoms with Crippen molar-refractivity contribution in [1.82, 2.24) is 19.7 Å². The number of likely N-dealkylation sites (tertiary alicyclic amines) is 1. The van der Waals surface area contributed by atoms with Gasteiger partial charge in [0.25, 0.3) is 0 Å². The number of fused-ring (bicyclic) bond motifs is 1. The molecule has 5 heteroatoms. The van der Waals surface area contributed by atoms with Gasteiger partial charge < -0.3 is 4.90 Å². The summed E-state index contributed by atoms with van der Waals surface area (Å²) in [5.41, 5.74) is 1.11. The number of benzene rings is 1. The van der Waals surface area contributed by atoms with Gasteiger partial charge in [0.15, 0.2) is 0 Å². The van der Waals surface area contributed by atoms with Crippen molar-refractivity contribution in [1.29, 1.82) is 0 Å². The lowest BCUT2D eigenvalue weighted by molar-refractivity contribution is -0.129. The van der Waals surface area contributed by atoms with Gasteiger partial charge in [-0.2, -0.15) is 0 Å². The van der Waals surface area contributed by atoms with Crippen molar-refractivity contribution in [3.63, 3.8) is 0 Å². The summed E-state index contributed by atoms with van der Waals surface area (Å²) in [6.07, 6.45) is 5.26. The highest BCUT2D eigenvalue weighted by Gasteiger charge is 2.32. The molecular formula is C22H30N4O. The Labute approximate surface area is 162 Å². The largest absolute Gasteiger partial charge is 0.341 e. The zero-order chi connectivity index (χ0) is 18.8. The molecule has 0 aliphatic carbocycles. The summed E-state index contributed by atoms with van der Waals surface area (Å²) in [7, 11) is 0. The number of nitrogens with zero attached hydrogens (tertiary/aromatic N) is 4. The van der Waals surface area contributed by atoms with Crippen LogP contribution in [0.3, 0.4) is 0 Å². The van der Waals surface area contributed by atoms with Crippen LogP contribution in [0.5, 0.6) is 0 Å². The number of rotatable bonds is 4. The average molecular weight is 367 g/mol. The predicted octanol–water partition coefficient (Wildman–Crippen LogP) is 2.40. The Balaban J connectivity index is 1.36. The maximum absolute atomic E-state index is 12.9. The van der Waals surface area contributed by atoms with Gasteiger partial charge in [-0.05, 0) is 37.3 Å². The van der Waals surface area contributed by atoms with E-state index in [1.54, 1.807) is 6.20 Å². The summed E-state index contributed by atoms with van der Waals surface area (Å²) in [6, 6.07) is 9.31. The van der Waals surface area contributed by atoms with E-state index >= 15 is 0 Å². The van der Waals surface area contributed by atoms with Crippen LogP contribution in [0.25, 0.3) is 10.8 Å². The van der Waals surface area contributed by atoms with Crippen LogP contribution < -0.4 is 0 Å². The van der Waals surface area contributed by atoms with Crippen LogP contribution >= 0.6 is 0 Å². The van der Waals surface area contributed by atoms with E-state index in [9.17, 15) is 4.79 Å². The van der Waals surface area contributed by atoms with E-state index in [1.165, 1.54) is 0 Å². The van der Waals surface area contributed by atoms with E-state index in [2.05, 4.69) is 45.7 Å². The second-order valence-electron chi connectivity index (χ2n) is 8.14. The van der Waals surface area contributed by atoms with E-state index in [-0.39, 0.29) is 5.91 Å². The smallest absolute Gasteiger partial charge is 0.227 e. The van der Waals surface area contributed by atoms with Crippen LogP contribution in [-0.4, -0.2) is 76.9 Å². The number of carbonyl (C=O) groups excluding carboxylic acids is 1. The standard InChI is InChI=1S/C22H30N4O/c1-17(2)24-10-12-25(13-11-24)20-7-9-26(16-20)22(27)14-18-4-3-5-19-15-23-8-6-21(18)19/h3-6,8,15,17,20H,7,9-14,16H2,1-2H3/t20-/m0/s1. The normalized spacial score (nSPS) is 22.0. The fourth-order valence-corrected chi connectivity index (χ4v) is 4.50. The quantitative estimate of drug-likeness (QED) is 0.833. The van der Waals surface area contributed by atoms with Crippen molar-refractivity contribution in [2.24, 2.45) is 0 Å². The third kappa shape index (κ3) is 3.99. The van der Waals surface area contributed by atoms with E-state index in [1.807, 2.05) is 18.3 Å². The van der Waals surface area contributed by atoms with Gasteiger partial charge in [-0.3, -0.25) is 19.6 Å². The summed E-state index contributed by atoms with van der Waals surface area (Å²) >= 11 is 0. The first-order valence-electron chi connectivity index (χ1n) is 10.2. The summed E-state index contributed by atoms with van der Waals surface area (Å²) < 4.78 is 0. The van der Waals surface area contributed by atoms with Gasteiger partial charge in [-0.15, -0.1) is 0 Å². The summed E-state index contributed by atoms with van der Waals surface area (Å²) in [5, 5.41) is 2.24. The molecule has 4 rings (SSSR count). The molecule has 1 atom stereocenters. The highest BCUT2D eigenvalue weighted by molar-refractivity contribution is 5.89.